The summed E-state index contributed by atoms with van der Waals surface area (Å²) in [4.78, 5) is 32.1. The van der Waals surface area contributed by atoms with Gasteiger partial charge in [0.2, 0.25) is 5.91 Å². The zero-order chi connectivity index (χ0) is 27.7. The monoisotopic (exact) mass is 550 g/mol. The topological polar surface area (TPSA) is 66.8 Å². The van der Waals surface area contributed by atoms with Crippen LogP contribution in [0.25, 0.3) is 10.9 Å². The molecule has 0 radical (unpaired) electrons. The van der Waals surface area contributed by atoms with Crippen LogP contribution >= 0.6 is 11.6 Å². The first-order valence-electron chi connectivity index (χ1n) is 13.9. The molecule has 8 heteroatoms. The molecule has 2 amide bonds. The van der Waals surface area contributed by atoms with Gasteiger partial charge in [-0.2, -0.15) is 0 Å². The van der Waals surface area contributed by atoms with E-state index >= 15 is 0 Å². The molecule has 1 N–H and O–H groups in total. The van der Waals surface area contributed by atoms with Crippen molar-refractivity contribution in [3.05, 3.63) is 64.8 Å². The number of piperidine rings is 1. The van der Waals surface area contributed by atoms with Crippen molar-refractivity contribution >= 4 is 34.3 Å². The van der Waals surface area contributed by atoms with Crippen molar-refractivity contribution in [1.29, 1.82) is 0 Å². The number of ether oxygens (including phenoxy) is 1. The van der Waals surface area contributed by atoms with Crippen molar-refractivity contribution in [3.8, 4) is 5.75 Å². The van der Waals surface area contributed by atoms with Gasteiger partial charge in [0.15, 0.2) is 0 Å². The molecule has 5 rings (SSSR count). The number of carbonyl (C=O) groups is 2. The summed E-state index contributed by atoms with van der Waals surface area (Å²) in [6, 6.07) is 15.1. The number of benzene rings is 2. The molecule has 0 spiro atoms. The van der Waals surface area contributed by atoms with Gasteiger partial charge < -0.3 is 24.4 Å². The standard InChI is InChI=1S/C31H39ClN4O3/c1-21-14-22(2)18-34(17-21)13-7-12-33-30(38)31(3)20-35-27-16-25(39-4)11-10-23(27)15-28(35)29(37)36(31)19-24-8-5-6-9-26(24)32/h5-6,8-11,15-16,21-22H,7,12-14,17-20H2,1-4H3,(H,33,38). The van der Waals surface area contributed by atoms with Gasteiger partial charge in [0.1, 0.15) is 17.0 Å². The fraction of sp³-hybridized carbons (Fsp3) is 0.484. The van der Waals surface area contributed by atoms with Crippen LogP contribution in [-0.2, 0) is 17.9 Å². The lowest BCUT2D eigenvalue weighted by Crippen LogP contribution is -2.63. The number of likely N-dealkylation sites (tertiary alicyclic amines) is 1. The van der Waals surface area contributed by atoms with Gasteiger partial charge in [-0.25, -0.2) is 0 Å². The van der Waals surface area contributed by atoms with Gasteiger partial charge in [0.25, 0.3) is 5.91 Å². The molecule has 3 atom stereocenters. The highest BCUT2D eigenvalue weighted by molar-refractivity contribution is 6.31. The molecule has 1 aromatic heterocycles. The molecule has 7 nitrogen and oxygen atoms in total. The number of nitrogens with zero attached hydrogens (tertiary/aromatic N) is 3. The Morgan fingerprint density at radius 3 is 2.59 bits per heavy atom. The minimum absolute atomic E-state index is 0.154. The summed E-state index contributed by atoms with van der Waals surface area (Å²) in [5.74, 6) is 1.78. The van der Waals surface area contributed by atoms with Crippen LogP contribution in [0, 0.1) is 11.8 Å². The second-order valence-electron chi connectivity index (χ2n) is 11.6. The SMILES string of the molecule is COc1ccc2cc3n(c2c1)CC(C)(C(=O)NCCCN1CC(C)CC(C)C1)N(Cc1ccccc1Cl)C3=O. The third-order valence-corrected chi connectivity index (χ3v) is 8.66. The molecule has 0 aliphatic carbocycles. The van der Waals surface area contributed by atoms with Crippen LogP contribution in [0.1, 0.15) is 49.7 Å². The number of rotatable bonds is 8. The van der Waals surface area contributed by atoms with Crippen molar-refractivity contribution < 1.29 is 14.3 Å². The molecule has 2 aliphatic rings. The molecule has 1 fully saturated rings. The lowest BCUT2D eigenvalue weighted by Gasteiger charge is -2.44. The van der Waals surface area contributed by atoms with Crippen molar-refractivity contribution in [3.63, 3.8) is 0 Å². The third kappa shape index (κ3) is 5.52. The zero-order valence-corrected chi connectivity index (χ0v) is 24.1. The number of methoxy groups -OCH3 is 1. The van der Waals surface area contributed by atoms with Crippen LogP contribution in [0.5, 0.6) is 5.75 Å². The highest BCUT2D eigenvalue weighted by Crippen LogP contribution is 2.35. The van der Waals surface area contributed by atoms with E-state index in [1.165, 1.54) is 6.42 Å². The average Bonchev–Trinajstić information content (AvgIpc) is 3.26. The Balaban J connectivity index is 1.39. The first kappa shape index (κ1) is 27.5. The normalized spacial score (nSPS) is 23.6. The second kappa shape index (κ2) is 11.2. The number of aromatic nitrogens is 1. The summed E-state index contributed by atoms with van der Waals surface area (Å²) >= 11 is 6.50. The molecule has 1 saturated heterocycles. The molecule has 3 unspecified atom stereocenters. The molecule has 208 valence electrons. The van der Waals surface area contributed by atoms with Crippen molar-refractivity contribution in [2.45, 2.75) is 52.2 Å². The Hall–Kier alpha value is -3.03. The van der Waals surface area contributed by atoms with Crippen LogP contribution in [-0.4, -0.2) is 65.0 Å². The molecule has 0 bridgehead atoms. The summed E-state index contributed by atoms with van der Waals surface area (Å²) in [6.07, 6.45) is 2.15. The zero-order valence-electron chi connectivity index (χ0n) is 23.4. The Kier molecular flexibility index (Phi) is 7.92. The predicted molar refractivity (Wildman–Crippen MR) is 155 cm³/mol. The van der Waals surface area contributed by atoms with Crippen LogP contribution < -0.4 is 10.1 Å². The average molecular weight is 551 g/mol. The largest absolute Gasteiger partial charge is 0.497 e. The number of hydrogen-bond donors (Lipinski definition) is 1. The molecule has 3 heterocycles. The lowest BCUT2D eigenvalue weighted by atomic mass is 9.92. The van der Waals surface area contributed by atoms with Gasteiger partial charge in [0, 0.05) is 42.7 Å². The highest BCUT2D eigenvalue weighted by Gasteiger charge is 2.47. The fourth-order valence-electron chi connectivity index (χ4n) is 6.37. The van der Waals surface area contributed by atoms with E-state index in [1.54, 1.807) is 12.0 Å². The van der Waals surface area contributed by atoms with Gasteiger partial charge in [-0.05, 0) is 68.0 Å². The first-order valence-corrected chi connectivity index (χ1v) is 14.3. The summed E-state index contributed by atoms with van der Waals surface area (Å²) in [7, 11) is 1.63. The first-order chi connectivity index (χ1) is 18.7. The minimum Gasteiger partial charge on any atom is -0.497 e. The van der Waals surface area contributed by atoms with Crippen molar-refractivity contribution in [1.82, 2.24) is 19.7 Å². The van der Waals surface area contributed by atoms with Gasteiger partial charge >= 0.3 is 0 Å². The van der Waals surface area contributed by atoms with Crippen LogP contribution in [0.2, 0.25) is 5.02 Å². The number of carbonyl (C=O) groups excluding carboxylic acids is 2. The van der Waals surface area contributed by atoms with Gasteiger partial charge in [-0.1, -0.05) is 43.6 Å². The number of nitrogens with one attached hydrogen (secondary N) is 1. The lowest BCUT2D eigenvalue weighted by molar-refractivity contribution is -0.133. The predicted octanol–water partition coefficient (Wildman–Crippen LogP) is 5.20. The van der Waals surface area contributed by atoms with Gasteiger partial charge in [-0.3, -0.25) is 9.59 Å². The Bertz CT molecular complexity index is 1360. The maximum atomic E-state index is 14.0. The molecule has 2 aliphatic heterocycles. The second-order valence-corrected chi connectivity index (χ2v) is 12.0. The third-order valence-electron chi connectivity index (χ3n) is 8.29. The van der Waals surface area contributed by atoms with E-state index in [2.05, 4.69) is 24.1 Å². The van der Waals surface area contributed by atoms with E-state index in [4.69, 9.17) is 16.3 Å². The summed E-state index contributed by atoms with van der Waals surface area (Å²) in [6.45, 7) is 10.8. The summed E-state index contributed by atoms with van der Waals surface area (Å²) < 4.78 is 7.40. The van der Waals surface area contributed by atoms with Crippen molar-refractivity contribution in [2.75, 3.05) is 33.3 Å². The summed E-state index contributed by atoms with van der Waals surface area (Å²) in [5, 5.41) is 4.68. The van der Waals surface area contributed by atoms with E-state index in [0.717, 1.165) is 42.5 Å². The number of halogens is 1. The van der Waals surface area contributed by atoms with Gasteiger partial charge in [0.05, 0.1) is 19.2 Å². The number of fused-ring (bicyclic) bond motifs is 3. The Morgan fingerprint density at radius 2 is 1.87 bits per heavy atom. The Morgan fingerprint density at radius 1 is 1.13 bits per heavy atom. The number of hydrogen-bond acceptors (Lipinski definition) is 4. The van der Waals surface area contributed by atoms with E-state index in [-0.39, 0.29) is 18.4 Å². The molecular formula is C31H39ClN4O3. The minimum atomic E-state index is -1.10. The molecular weight excluding hydrogens is 512 g/mol. The van der Waals surface area contributed by atoms with Crippen molar-refractivity contribution in [2.24, 2.45) is 11.8 Å². The highest BCUT2D eigenvalue weighted by atomic mass is 35.5. The fourth-order valence-corrected chi connectivity index (χ4v) is 6.57. The quantitative estimate of drug-likeness (QED) is 0.391. The van der Waals surface area contributed by atoms with Crippen LogP contribution in [0.3, 0.4) is 0 Å². The van der Waals surface area contributed by atoms with Crippen LogP contribution in [0.15, 0.2) is 48.5 Å². The molecule has 3 aromatic rings. The summed E-state index contributed by atoms with van der Waals surface area (Å²) in [5.41, 5.74) is 1.14. The van der Waals surface area contributed by atoms with Crippen LogP contribution in [0.4, 0.5) is 0 Å². The molecule has 2 aromatic carbocycles. The molecule has 0 saturated carbocycles. The Labute approximate surface area is 236 Å². The molecule has 39 heavy (non-hydrogen) atoms. The maximum absolute atomic E-state index is 14.0. The smallest absolute Gasteiger partial charge is 0.271 e. The van der Waals surface area contributed by atoms with E-state index in [0.29, 0.717) is 41.4 Å². The van der Waals surface area contributed by atoms with E-state index < -0.39 is 5.54 Å². The maximum Gasteiger partial charge on any atom is 0.271 e. The van der Waals surface area contributed by atoms with E-state index in [9.17, 15) is 9.59 Å². The van der Waals surface area contributed by atoms with E-state index in [1.807, 2.05) is 60.0 Å². The number of amides is 2. The van der Waals surface area contributed by atoms with Gasteiger partial charge in [-0.15, -0.1) is 0 Å².